The lowest BCUT2D eigenvalue weighted by molar-refractivity contribution is -0.0541. The molecule has 22 nitrogen and oxygen atoms in total. The number of nitrogens with zero attached hydrogens (tertiary/aromatic N) is 6. The van der Waals surface area contributed by atoms with Crippen molar-refractivity contribution in [3.05, 3.63) is 51.1 Å². The molecule has 5 aromatic rings. The molecule has 244 valence electrons. The molecule has 6 heterocycles. The van der Waals surface area contributed by atoms with Crippen molar-refractivity contribution in [1.82, 2.24) is 39.0 Å². The number of furan rings is 1. The number of hydrogen-bond donors (Lipinski definition) is 8. The van der Waals surface area contributed by atoms with Gasteiger partial charge in [-0.15, -0.1) is 0 Å². The fourth-order valence-corrected chi connectivity index (χ4v) is 6.49. The van der Waals surface area contributed by atoms with Gasteiger partial charge in [0, 0.05) is 18.9 Å². The molecule has 0 amide bonds. The van der Waals surface area contributed by atoms with Gasteiger partial charge in [0.2, 0.25) is 23.4 Å². The smallest absolute Gasteiger partial charge is 0.489 e. The quantitative estimate of drug-likeness (QED) is 0.0891. The summed E-state index contributed by atoms with van der Waals surface area (Å²) in [5.41, 5.74) is 9.37. The van der Waals surface area contributed by atoms with E-state index < -0.39 is 72.5 Å². The normalized spacial score (nSPS) is 22.9. The summed E-state index contributed by atoms with van der Waals surface area (Å²) < 4.78 is 47.8. The number of aliphatic hydroxyl groups is 1. The highest BCUT2D eigenvalue weighted by molar-refractivity contribution is 8.44. The summed E-state index contributed by atoms with van der Waals surface area (Å²) in [6, 6.07) is 0. The van der Waals surface area contributed by atoms with Crippen LogP contribution in [-0.4, -0.2) is 67.4 Å². The van der Waals surface area contributed by atoms with Crippen LogP contribution in [0, 0.1) is 0 Å². The topological polar surface area (TPSA) is 316 Å². The maximum Gasteiger partial charge on any atom is 0.489 e. The minimum atomic E-state index is -4.58. The van der Waals surface area contributed by atoms with Crippen molar-refractivity contribution in [2.75, 3.05) is 18.6 Å². The van der Waals surface area contributed by atoms with Gasteiger partial charge in [-0.2, -0.15) is 9.97 Å². The summed E-state index contributed by atoms with van der Waals surface area (Å²) in [6.07, 6.45) is -0.689. The van der Waals surface area contributed by atoms with Crippen LogP contribution in [0.1, 0.15) is 12.0 Å². The van der Waals surface area contributed by atoms with Gasteiger partial charge in [0.15, 0.2) is 46.2 Å². The molecule has 5 aromatic heterocycles. The Balaban J connectivity index is 1.37. The number of hydrogen-bond acceptors (Lipinski definition) is 18. The second-order valence-electron chi connectivity index (χ2n) is 9.11. The predicted octanol–water partition coefficient (Wildman–Crippen LogP) is 0.249. The van der Waals surface area contributed by atoms with E-state index in [9.17, 15) is 29.3 Å². The number of nitrogen functional groups attached to an aromatic ring is 2. The summed E-state index contributed by atoms with van der Waals surface area (Å²) in [6.45, 7) is -9.75. The number of aromatic nitrogens is 8. The third kappa shape index (κ3) is 5.71. The van der Waals surface area contributed by atoms with Crippen LogP contribution in [0.15, 0.2) is 38.7 Å². The Kier molecular flexibility index (Phi) is 7.85. The standard InChI is InChI=1S/C20H20N10O12P2S2/c1-37-17(29-4-23-8-13(29)25-19(21)27-15(8)33)10(31)6-2-38-44(36,46)42-12-7(3-39-43(35,45)41-6)40-18(11(12)32)30-5-24-9-14(30)26-20(22)28-16(9)34/h2,4-5,10,17,31-32H,3H2,1H3,(H,35,45)(H,36,46)(H3,21,25,27,33)(H3,22,26,28,34)/b6-2-/t10?,17-,43?,44?/m1/s1. The first kappa shape index (κ1) is 31.6. The molecule has 1 aliphatic rings. The van der Waals surface area contributed by atoms with Crippen LogP contribution < -0.4 is 27.1 Å². The molecular formula is C20H20N10O12P2S2. The van der Waals surface area contributed by atoms with E-state index in [0.29, 0.717) is 6.26 Å². The fourth-order valence-electron chi connectivity index (χ4n) is 4.23. The number of methoxy groups -OCH3 is 1. The Hall–Kier alpha value is -4.41. The molecule has 6 rings (SSSR count). The van der Waals surface area contributed by atoms with Gasteiger partial charge in [-0.25, -0.2) is 19.1 Å². The van der Waals surface area contributed by atoms with Gasteiger partial charge in [-0.1, -0.05) is 0 Å². The highest BCUT2D eigenvalue weighted by Crippen LogP contribution is 2.59. The molecule has 0 fully saturated rings. The Labute approximate surface area is 263 Å². The summed E-state index contributed by atoms with van der Waals surface area (Å²) in [5, 5.41) is 22.3. The maximum absolute atomic E-state index is 13.3. The Bertz CT molecular complexity index is 2260. The van der Waals surface area contributed by atoms with Crippen molar-refractivity contribution < 1.29 is 46.9 Å². The van der Waals surface area contributed by atoms with Crippen molar-refractivity contribution in [1.29, 1.82) is 0 Å². The van der Waals surface area contributed by atoms with E-state index >= 15 is 0 Å². The first-order valence-corrected chi connectivity index (χ1v) is 17.6. The van der Waals surface area contributed by atoms with E-state index in [1.807, 2.05) is 0 Å². The lowest BCUT2D eigenvalue weighted by Gasteiger charge is -2.26. The highest BCUT2D eigenvalue weighted by atomic mass is 32.7. The van der Waals surface area contributed by atoms with Crippen molar-refractivity contribution in [2.24, 2.45) is 0 Å². The summed E-state index contributed by atoms with van der Waals surface area (Å²) in [7, 11) is 1.17. The molecule has 0 saturated heterocycles. The number of rotatable bonds is 5. The van der Waals surface area contributed by atoms with Crippen LogP contribution in [0.5, 0.6) is 11.5 Å². The van der Waals surface area contributed by atoms with Gasteiger partial charge in [0.05, 0.1) is 6.33 Å². The minimum absolute atomic E-state index is 0.0998. The number of fused-ring (bicyclic) bond motifs is 3. The highest BCUT2D eigenvalue weighted by Gasteiger charge is 2.37. The van der Waals surface area contributed by atoms with Crippen LogP contribution in [-0.2, 0) is 41.3 Å². The summed E-state index contributed by atoms with van der Waals surface area (Å²) >= 11 is 9.00. The molecule has 46 heavy (non-hydrogen) atoms. The van der Waals surface area contributed by atoms with Gasteiger partial charge >= 0.3 is 13.5 Å². The van der Waals surface area contributed by atoms with E-state index in [2.05, 4.69) is 42.2 Å². The first-order valence-electron chi connectivity index (χ1n) is 12.3. The third-order valence-electron chi connectivity index (χ3n) is 6.15. The van der Waals surface area contributed by atoms with Crippen LogP contribution >= 0.6 is 25.8 Å². The van der Waals surface area contributed by atoms with Crippen molar-refractivity contribution in [3.8, 4) is 17.4 Å². The van der Waals surface area contributed by atoms with Gasteiger partial charge < -0.3 is 49.3 Å². The van der Waals surface area contributed by atoms with Gasteiger partial charge in [-0.05, 0) is 12.2 Å². The lowest BCUT2D eigenvalue weighted by Crippen LogP contribution is -2.29. The Morgan fingerprint density at radius 3 is 2.41 bits per heavy atom. The van der Waals surface area contributed by atoms with Gasteiger partial charge in [-0.3, -0.25) is 28.6 Å². The van der Waals surface area contributed by atoms with E-state index in [1.165, 1.54) is 7.11 Å². The average molecular weight is 719 g/mol. The fraction of sp³-hybridized carbons (Fsp3) is 0.200. The zero-order chi connectivity index (χ0) is 33.1. The van der Waals surface area contributed by atoms with Gasteiger partial charge in [0.25, 0.3) is 17.0 Å². The molecule has 0 spiro atoms. The Morgan fingerprint density at radius 1 is 1.11 bits per heavy atom. The van der Waals surface area contributed by atoms with E-state index in [4.69, 9.17) is 50.5 Å². The molecule has 0 radical (unpaired) electrons. The molecule has 4 atom stereocenters. The second-order valence-corrected chi connectivity index (χ2v) is 14.7. The molecule has 9 N–H and O–H groups in total. The molecule has 0 aromatic carbocycles. The molecule has 0 aliphatic carbocycles. The molecule has 0 bridgehead atoms. The number of H-pyrrole nitrogens is 2. The average Bonchev–Trinajstić information content (AvgIpc) is 3.66. The molecule has 3 unspecified atom stereocenters. The van der Waals surface area contributed by atoms with Crippen molar-refractivity contribution >= 4 is 71.8 Å². The first-order chi connectivity index (χ1) is 21.7. The largest absolute Gasteiger partial charge is 0.500 e. The number of ether oxygens (including phenoxy) is 1. The second kappa shape index (κ2) is 11.4. The number of nitrogens with one attached hydrogen (secondary N) is 2. The SMILES string of the molecule is CO[C@H](C(O)/C1=C/OP(=O)(S)Oc2c(oc(-n3cnc4c(=O)[nH]c(N)nc43)c2O)COP(O)(=S)O1)n1cnc2c(=O)[nH]c(N)nc21. The third-order valence-corrected chi connectivity index (χ3v) is 8.90. The van der Waals surface area contributed by atoms with Crippen LogP contribution in [0.3, 0.4) is 0 Å². The van der Waals surface area contributed by atoms with Crippen LogP contribution in [0.4, 0.5) is 11.9 Å². The summed E-state index contributed by atoms with van der Waals surface area (Å²) in [4.78, 5) is 55.7. The lowest BCUT2D eigenvalue weighted by atomic mass is 10.2. The maximum atomic E-state index is 13.3. The Morgan fingerprint density at radius 2 is 1.74 bits per heavy atom. The number of imidazole rings is 2. The van der Waals surface area contributed by atoms with Crippen LogP contribution in [0.2, 0.25) is 0 Å². The zero-order valence-electron chi connectivity index (χ0n) is 22.7. The zero-order valence-corrected chi connectivity index (χ0v) is 26.2. The predicted molar refractivity (Wildman–Crippen MR) is 161 cm³/mol. The monoisotopic (exact) mass is 718 g/mol. The summed E-state index contributed by atoms with van der Waals surface area (Å²) in [5.74, 6) is -3.51. The van der Waals surface area contributed by atoms with E-state index in [1.54, 1.807) is 0 Å². The number of aromatic hydroxyl groups is 1. The molecule has 26 heteroatoms. The minimum Gasteiger partial charge on any atom is -0.500 e. The van der Waals surface area contributed by atoms with E-state index in [-0.39, 0.29) is 34.2 Å². The molecular weight excluding hydrogens is 698 g/mol. The number of aliphatic hydroxyl groups excluding tert-OH is 1. The number of anilines is 2. The number of aromatic amines is 2. The molecule has 0 saturated carbocycles. The van der Waals surface area contributed by atoms with Crippen LogP contribution in [0.25, 0.3) is 28.2 Å². The van der Waals surface area contributed by atoms with E-state index in [0.717, 1.165) is 21.8 Å². The molecule has 1 aliphatic heterocycles. The van der Waals surface area contributed by atoms with Crippen molar-refractivity contribution in [2.45, 2.75) is 18.9 Å². The van der Waals surface area contributed by atoms with Crippen molar-refractivity contribution in [3.63, 3.8) is 0 Å². The van der Waals surface area contributed by atoms with Gasteiger partial charge in [0.1, 0.15) is 19.2 Å². The number of nitrogens with two attached hydrogens (primary N) is 2. The number of thiol groups is 1.